The Labute approximate surface area is 124 Å². The first-order valence-corrected chi connectivity index (χ1v) is 8.47. The van der Waals surface area contributed by atoms with Crippen molar-refractivity contribution in [3.8, 4) is 0 Å². The van der Waals surface area contributed by atoms with Crippen LogP contribution in [0, 0.1) is 6.92 Å². The average molecular weight is 323 g/mol. The molecule has 1 aromatic rings. The van der Waals surface area contributed by atoms with E-state index < -0.39 is 0 Å². The third kappa shape index (κ3) is 2.55. The van der Waals surface area contributed by atoms with Gasteiger partial charge in [0.2, 0.25) is 0 Å². The number of aryl methyl sites for hydroxylation is 1. The Morgan fingerprint density at radius 3 is 2.89 bits per heavy atom. The lowest BCUT2D eigenvalue weighted by molar-refractivity contribution is 0.203. The number of halogens is 1. The van der Waals surface area contributed by atoms with Gasteiger partial charge in [-0.2, -0.15) is 0 Å². The summed E-state index contributed by atoms with van der Waals surface area (Å²) in [5, 5.41) is 0.949. The lowest BCUT2D eigenvalue weighted by atomic mass is 10.0. The van der Waals surface area contributed by atoms with E-state index in [2.05, 4.69) is 57.8 Å². The van der Waals surface area contributed by atoms with Gasteiger partial charge >= 0.3 is 0 Å². The highest BCUT2D eigenvalue weighted by Gasteiger charge is 2.34. The van der Waals surface area contributed by atoms with E-state index in [-0.39, 0.29) is 0 Å². The Hall–Kier alpha value is -0.540. The summed E-state index contributed by atoms with van der Waals surface area (Å²) < 4.78 is 0. The van der Waals surface area contributed by atoms with Crippen LogP contribution in [0.4, 0.5) is 5.69 Å². The molecule has 0 bridgehead atoms. The first-order chi connectivity index (χ1) is 9.19. The lowest BCUT2D eigenvalue weighted by Crippen LogP contribution is -2.55. The summed E-state index contributed by atoms with van der Waals surface area (Å²) in [5.41, 5.74) is 4.20. The highest BCUT2D eigenvalue weighted by molar-refractivity contribution is 9.08. The fourth-order valence-corrected chi connectivity index (χ4v) is 4.18. The number of piperazine rings is 1. The fraction of sp³-hybridized carbons (Fsp3) is 0.625. The zero-order chi connectivity index (χ0) is 13.4. The fourth-order valence-electron chi connectivity index (χ4n) is 3.56. The Morgan fingerprint density at radius 1 is 1.32 bits per heavy atom. The maximum Gasteiger partial charge on any atom is 0.0389 e. The molecule has 0 radical (unpaired) electrons. The number of fused-ring (bicyclic) bond motifs is 1. The van der Waals surface area contributed by atoms with Gasteiger partial charge in [0.15, 0.2) is 0 Å². The standard InChI is InChI=1S/C16H23BrN2/c1-12-8-15(6-5-14(12)9-17)19-11-16-4-3-7-18(16)10-13(19)2/h5-6,8,13,16H,3-4,7,9-11H2,1-2H3. The van der Waals surface area contributed by atoms with E-state index in [1.807, 2.05) is 0 Å². The van der Waals surface area contributed by atoms with Crippen molar-refractivity contribution in [3.63, 3.8) is 0 Å². The van der Waals surface area contributed by atoms with Crippen molar-refractivity contribution in [2.75, 3.05) is 24.5 Å². The van der Waals surface area contributed by atoms with Gasteiger partial charge in [0.25, 0.3) is 0 Å². The minimum Gasteiger partial charge on any atom is -0.366 e. The van der Waals surface area contributed by atoms with Crippen molar-refractivity contribution in [1.82, 2.24) is 4.90 Å². The molecule has 2 fully saturated rings. The molecule has 3 heteroatoms. The summed E-state index contributed by atoms with van der Waals surface area (Å²) in [6.45, 7) is 8.32. The molecule has 2 heterocycles. The molecule has 3 rings (SSSR count). The maximum atomic E-state index is 3.56. The van der Waals surface area contributed by atoms with E-state index in [9.17, 15) is 0 Å². The van der Waals surface area contributed by atoms with Gasteiger partial charge in [0.05, 0.1) is 0 Å². The van der Waals surface area contributed by atoms with Gasteiger partial charge in [-0.05, 0) is 56.5 Å². The SMILES string of the molecule is Cc1cc(N2CC3CCCN3CC2C)ccc1CBr. The summed E-state index contributed by atoms with van der Waals surface area (Å²) in [6.07, 6.45) is 2.76. The Kier molecular flexibility index (Phi) is 3.86. The molecule has 0 amide bonds. The molecule has 104 valence electrons. The molecule has 0 saturated carbocycles. The molecule has 2 aliphatic heterocycles. The molecule has 2 aliphatic rings. The van der Waals surface area contributed by atoms with Crippen LogP contribution < -0.4 is 4.90 Å². The summed E-state index contributed by atoms with van der Waals surface area (Å²) in [6, 6.07) is 8.34. The molecule has 2 saturated heterocycles. The van der Waals surface area contributed by atoms with Gasteiger partial charge in [0, 0.05) is 36.2 Å². The van der Waals surface area contributed by atoms with Crippen LogP contribution >= 0.6 is 15.9 Å². The molecular weight excluding hydrogens is 300 g/mol. The van der Waals surface area contributed by atoms with E-state index in [0.29, 0.717) is 6.04 Å². The van der Waals surface area contributed by atoms with Crippen molar-refractivity contribution in [3.05, 3.63) is 29.3 Å². The van der Waals surface area contributed by atoms with E-state index in [4.69, 9.17) is 0 Å². The molecule has 0 spiro atoms. The van der Waals surface area contributed by atoms with Crippen molar-refractivity contribution >= 4 is 21.6 Å². The predicted octanol–water partition coefficient (Wildman–Crippen LogP) is 3.56. The van der Waals surface area contributed by atoms with Crippen molar-refractivity contribution in [1.29, 1.82) is 0 Å². The second-order valence-corrected chi connectivity index (χ2v) is 6.60. The number of anilines is 1. The average Bonchev–Trinajstić information content (AvgIpc) is 2.84. The van der Waals surface area contributed by atoms with Crippen LogP contribution in [0.15, 0.2) is 18.2 Å². The minimum atomic E-state index is 0.628. The smallest absolute Gasteiger partial charge is 0.0389 e. The predicted molar refractivity (Wildman–Crippen MR) is 85.2 cm³/mol. The molecule has 2 atom stereocenters. The van der Waals surface area contributed by atoms with Gasteiger partial charge in [-0.3, -0.25) is 4.90 Å². The molecule has 0 aliphatic carbocycles. The van der Waals surface area contributed by atoms with Crippen LogP contribution in [0.2, 0.25) is 0 Å². The Morgan fingerprint density at radius 2 is 2.16 bits per heavy atom. The number of hydrogen-bond donors (Lipinski definition) is 0. The zero-order valence-corrected chi connectivity index (χ0v) is 13.5. The van der Waals surface area contributed by atoms with Crippen molar-refractivity contribution < 1.29 is 0 Å². The lowest BCUT2D eigenvalue weighted by Gasteiger charge is -2.43. The zero-order valence-electron chi connectivity index (χ0n) is 11.9. The summed E-state index contributed by atoms with van der Waals surface area (Å²) in [4.78, 5) is 5.29. The van der Waals surface area contributed by atoms with Crippen LogP contribution in [0.5, 0.6) is 0 Å². The molecule has 2 nitrogen and oxygen atoms in total. The molecule has 19 heavy (non-hydrogen) atoms. The van der Waals surface area contributed by atoms with E-state index in [0.717, 1.165) is 11.4 Å². The number of benzene rings is 1. The summed E-state index contributed by atoms with van der Waals surface area (Å²) in [5.74, 6) is 0. The van der Waals surface area contributed by atoms with Crippen LogP contribution in [0.25, 0.3) is 0 Å². The first kappa shape index (κ1) is 13.4. The van der Waals surface area contributed by atoms with E-state index in [1.165, 1.54) is 49.3 Å². The monoisotopic (exact) mass is 322 g/mol. The third-order valence-electron chi connectivity index (χ3n) is 4.74. The largest absolute Gasteiger partial charge is 0.366 e. The summed E-state index contributed by atoms with van der Waals surface area (Å²) in [7, 11) is 0. The normalized spacial score (nSPS) is 27.6. The van der Waals surface area contributed by atoms with Gasteiger partial charge in [-0.15, -0.1) is 0 Å². The van der Waals surface area contributed by atoms with Crippen molar-refractivity contribution in [2.24, 2.45) is 0 Å². The van der Waals surface area contributed by atoms with Crippen LogP contribution in [0.1, 0.15) is 30.9 Å². The van der Waals surface area contributed by atoms with Crippen molar-refractivity contribution in [2.45, 2.75) is 44.1 Å². The topological polar surface area (TPSA) is 6.48 Å². The molecule has 1 aromatic carbocycles. The third-order valence-corrected chi connectivity index (χ3v) is 5.34. The first-order valence-electron chi connectivity index (χ1n) is 7.35. The second-order valence-electron chi connectivity index (χ2n) is 6.04. The minimum absolute atomic E-state index is 0.628. The second kappa shape index (κ2) is 5.45. The van der Waals surface area contributed by atoms with Crippen LogP contribution in [-0.4, -0.2) is 36.6 Å². The highest BCUT2D eigenvalue weighted by atomic mass is 79.9. The Balaban J connectivity index is 1.82. The number of alkyl halides is 1. The van der Waals surface area contributed by atoms with E-state index >= 15 is 0 Å². The molecule has 0 N–H and O–H groups in total. The quantitative estimate of drug-likeness (QED) is 0.768. The van der Waals surface area contributed by atoms with Crippen LogP contribution in [0.3, 0.4) is 0 Å². The number of hydrogen-bond acceptors (Lipinski definition) is 2. The van der Waals surface area contributed by atoms with Gasteiger partial charge in [0.1, 0.15) is 0 Å². The molecule has 2 unspecified atom stereocenters. The molecular formula is C16H23BrN2. The van der Waals surface area contributed by atoms with Gasteiger partial charge in [-0.25, -0.2) is 0 Å². The molecule has 0 aromatic heterocycles. The number of nitrogens with zero attached hydrogens (tertiary/aromatic N) is 2. The van der Waals surface area contributed by atoms with Gasteiger partial charge < -0.3 is 4.90 Å². The highest BCUT2D eigenvalue weighted by Crippen LogP contribution is 2.30. The van der Waals surface area contributed by atoms with Gasteiger partial charge in [-0.1, -0.05) is 22.0 Å². The Bertz CT molecular complexity index is 460. The van der Waals surface area contributed by atoms with E-state index in [1.54, 1.807) is 0 Å². The summed E-state index contributed by atoms with van der Waals surface area (Å²) >= 11 is 3.56. The number of rotatable bonds is 2. The maximum absolute atomic E-state index is 3.56. The van der Waals surface area contributed by atoms with Crippen LogP contribution in [-0.2, 0) is 5.33 Å².